The molecule has 4 fully saturated rings. The molecule has 2 saturated heterocycles. The number of aliphatic hydroxyl groups excluding tert-OH is 1. The predicted octanol–water partition coefficient (Wildman–Crippen LogP) is 2.63. The van der Waals surface area contributed by atoms with E-state index in [2.05, 4.69) is 6.92 Å². The van der Waals surface area contributed by atoms with E-state index in [1.165, 1.54) is 19.8 Å². The standard InChI is InChI=1S/C24H30O9.C4H11N/c1-10-7-14-23(9-30-14,32-12(3)25)17-19-24(33-20(29)31-19)8-13(26)11(2)15(21(24,4)5)16(27)18(28)22(10,17)6;1-2-3-4-5/h10,14,16-17,19,27H,7-9H2,1-6H3;2-5H2,1H3/t10-,14?,16?,17?,19?,22+,23?,24?;/m0./s1. The van der Waals surface area contributed by atoms with Crippen LogP contribution in [0.4, 0.5) is 4.79 Å². The lowest BCUT2D eigenvalue weighted by Gasteiger charge is -2.66. The van der Waals surface area contributed by atoms with E-state index in [4.69, 9.17) is 24.7 Å². The van der Waals surface area contributed by atoms with E-state index >= 15 is 0 Å². The van der Waals surface area contributed by atoms with E-state index in [0.29, 0.717) is 12.0 Å². The molecule has 212 valence electrons. The number of aliphatic hydroxyl groups is 1. The molecule has 0 aromatic carbocycles. The van der Waals surface area contributed by atoms with Gasteiger partial charge in [-0.25, -0.2) is 4.79 Å². The smallest absolute Gasteiger partial charge is 0.454 e. The number of hydrogen-bond acceptors (Lipinski definition) is 10. The van der Waals surface area contributed by atoms with Crippen molar-refractivity contribution in [3.8, 4) is 0 Å². The topological polar surface area (TPSA) is 151 Å². The van der Waals surface area contributed by atoms with Crippen LogP contribution < -0.4 is 5.73 Å². The van der Waals surface area contributed by atoms with Crippen molar-refractivity contribution < 1.29 is 43.2 Å². The van der Waals surface area contributed by atoms with Gasteiger partial charge in [-0.2, -0.15) is 0 Å². The third-order valence-corrected chi connectivity index (χ3v) is 9.99. The van der Waals surface area contributed by atoms with Crippen molar-refractivity contribution in [1.82, 2.24) is 0 Å². The normalized spacial score (nSPS) is 42.6. The van der Waals surface area contributed by atoms with Crippen LogP contribution in [0.25, 0.3) is 0 Å². The zero-order chi connectivity index (χ0) is 28.4. The van der Waals surface area contributed by atoms with Gasteiger partial charge >= 0.3 is 12.1 Å². The molecule has 1 spiro atoms. The van der Waals surface area contributed by atoms with E-state index in [0.717, 1.165) is 6.54 Å². The summed E-state index contributed by atoms with van der Waals surface area (Å²) in [5.41, 5.74) is 0.623. The molecule has 5 rings (SSSR count). The number of unbranched alkanes of at least 4 members (excludes halogenated alkanes) is 1. The van der Waals surface area contributed by atoms with Crippen molar-refractivity contribution in [3.63, 3.8) is 0 Å². The van der Waals surface area contributed by atoms with Crippen molar-refractivity contribution in [2.75, 3.05) is 13.2 Å². The number of fused-ring (bicyclic) bond motifs is 5. The maximum absolute atomic E-state index is 14.1. The SMILES string of the molecule is CC(=O)OC12COC1C[C@H](C)[C@@]1(C)C(=O)C(O)C3=C(C)C(=O)CC4(OC(=O)OC4C21)C3(C)C.CCCCN. The quantitative estimate of drug-likeness (QED) is 0.516. The Kier molecular flexibility index (Phi) is 7.11. The Morgan fingerprint density at radius 3 is 2.37 bits per heavy atom. The van der Waals surface area contributed by atoms with Gasteiger partial charge < -0.3 is 29.8 Å². The van der Waals surface area contributed by atoms with E-state index in [9.17, 15) is 24.3 Å². The summed E-state index contributed by atoms with van der Waals surface area (Å²) in [7, 11) is 0. The summed E-state index contributed by atoms with van der Waals surface area (Å²) < 4.78 is 23.3. The number of Topliss-reactive ketones (excluding diaryl/α,β-unsaturated/α-hetero) is 2. The Hall–Kier alpha value is -2.30. The Morgan fingerprint density at radius 1 is 1.21 bits per heavy atom. The van der Waals surface area contributed by atoms with Crippen LogP contribution in [-0.4, -0.2) is 71.5 Å². The highest BCUT2D eigenvalue weighted by Gasteiger charge is 2.79. The van der Waals surface area contributed by atoms with E-state index < -0.39 is 64.2 Å². The first kappa shape index (κ1) is 28.7. The molecule has 8 atom stereocenters. The summed E-state index contributed by atoms with van der Waals surface area (Å²) in [6, 6.07) is 0. The fourth-order valence-corrected chi connectivity index (χ4v) is 7.70. The fourth-order valence-electron chi connectivity index (χ4n) is 7.70. The van der Waals surface area contributed by atoms with Crippen molar-refractivity contribution in [2.45, 2.75) is 104 Å². The largest absolute Gasteiger partial charge is 0.509 e. The third-order valence-electron chi connectivity index (χ3n) is 9.99. The molecule has 2 saturated carbocycles. The molecule has 0 aromatic heterocycles. The Balaban J connectivity index is 0.000000617. The molecule has 3 aliphatic carbocycles. The van der Waals surface area contributed by atoms with Gasteiger partial charge in [0.2, 0.25) is 0 Å². The first-order chi connectivity index (χ1) is 17.7. The van der Waals surface area contributed by atoms with Gasteiger partial charge in [0.1, 0.15) is 12.2 Å². The molecule has 2 bridgehead atoms. The Labute approximate surface area is 223 Å². The van der Waals surface area contributed by atoms with Crippen LogP contribution >= 0.6 is 0 Å². The number of ketones is 2. The molecule has 10 nitrogen and oxygen atoms in total. The maximum Gasteiger partial charge on any atom is 0.509 e. The molecule has 5 aliphatic rings. The average Bonchev–Trinajstić information content (AvgIpc) is 3.15. The summed E-state index contributed by atoms with van der Waals surface area (Å²) in [5, 5.41) is 11.5. The number of carbonyl (C=O) groups is 4. The number of rotatable bonds is 3. The van der Waals surface area contributed by atoms with Crippen LogP contribution in [0.5, 0.6) is 0 Å². The highest BCUT2D eigenvalue weighted by molar-refractivity contribution is 6.02. The summed E-state index contributed by atoms with van der Waals surface area (Å²) in [6.45, 7) is 13.0. The number of allylic oxidation sites excluding steroid dienone is 1. The van der Waals surface area contributed by atoms with Crippen LogP contribution in [0.1, 0.15) is 74.1 Å². The summed E-state index contributed by atoms with van der Waals surface area (Å²) >= 11 is 0. The zero-order valence-electron chi connectivity index (χ0n) is 23.4. The average molecular weight is 536 g/mol. The minimum atomic E-state index is -1.58. The number of esters is 1. The number of carbonyl (C=O) groups excluding carboxylic acids is 4. The second-order valence-corrected chi connectivity index (χ2v) is 12.2. The van der Waals surface area contributed by atoms with E-state index in [-0.39, 0.29) is 30.3 Å². The van der Waals surface area contributed by atoms with Crippen LogP contribution in [0.3, 0.4) is 0 Å². The molecule has 10 heteroatoms. The molecule has 2 heterocycles. The minimum Gasteiger partial charge on any atom is -0.454 e. The second-order valence-electron chi connectivity index (χ2n) is 12.2. The van der Waals surface area contributed by atoms with Crippen molar-refractivity contribution >= 4 is 23.7 Å². The van der Waals surface area contributed by atoms with Gasteiger partial charge in [0.25, 0.3) is 0 Å². The monoisotopic (exact) mass is 535 g/mol. The summed E-state index contributed by atoms with van der Waals surface area (Å²) in [6.07, 6.45) is -1.45. The van der Waals surface area contributed by atoms with Crippen LogP contribution in [0.15, 0.2) is 11.1 Å². The van der Waals surface area contributed by atoms with Gasteiger partial charge in [-0.05, 0) is 43.4 Å². The third kappa shape index (κ3) is 3.63. The van der Waals surface area contributed by atoms with Gasteiger partial charge in [-0.3, -0.25) is 14.4 Å². The van der Waals surface area contributed by atoms with Crippen molar-refractivity contribution in [1.29, 1.82) is 0 Å². The second kappa shape index (κ2) is 9.41. The van der Waals surface area contributed by atoms with Gasteiger partial charge in [0, 0.05) is 17.8 Å². The lowest BCUT2D eigenvalue weighted by atomic mass is 9.43. The molecule has 0 aromatic rings. The first-order valence-electron chi connectivity index (χ1n) is 13.5. The van der Waals surface area contributed by atoms with Gasteiger partial charge in [-0.1, -0.05) is 41.0 Å². The summed E-state index contributed by atoms with van der Waals surface area (Å²) in [5.74, 6) is -2.53. The van der Waals surface area contributed by atoms with E-state index in [1.54, 1.807) is 27.7 Å². The van der Waals surface area contributed by atoms with Gasteiger partial charge in [0.05, 0.1) is 18.9 Å². The predicted molar refractivity (Wildman–Crippen MR) is 135 cm³/mol. The molecule has 2 aliphatic heterocycles. The summed E-state index contributed by atoms with van der Waals surface area (Å²) in [4.78, 5) is 52.2. The van der Waals surface area contributed by atoms with Crippen LogP contribution in [-0.2, 0) is 33.3 Å². The number of ether oxygens (including phenoxy) is 4. The molecular formula is C28H41NO9. The van der Waals surface area contributed by atoms with Crippen LogP contribution in [0, 0.1) is 22.7 Å². The molecule has 0 radical (unpaired) electrons. The van der Waals surface area contributed by atoms with E-state index in [1.807, 2.05) is 6.92 Å². The lowest BCUT2D eigenvalue weighted by Crippen LogP contribution is -2.79. The van der Waals surface area contributed by atoms with Crippen molar-refractivity contribution in [2.24, 2.45) is 28.4 Å². The highest BCUT2D eigenvalue weighted by atomic mass is 16.8. The Bertz CT molecular complexity index is 1080. The maximum atomic E-state index is 14.1. The minimum absolute atomic E-state index is 0.0217. The lowest BCUT2D eigenvalue weighted by molar-refractivity contribution is -0.330. The molecule has 3 N–H and O–H groups in total. The molecule has 6 unspecified atom stereocenters. The molecule has 0 amide bonds. The highest BCUT2D eigenvalue weighted by Crippen LogP contribution is 2.66. The van der Waals surface area contributed by atoms with Gasteiger partial charge in [0.15, 0.2) is 28.9 Å². The van der Waals surface area contributed by atoms with Gasteiger partial charge in [-0.15, -0.1) is 0 Å². The fraction of sp³-hybridized carbons (Fsp3) is 0.786. The van der Waals surface area contributed by atoms with Crippen molar-refractivity contribution in [3.05, 3.63) is 11.1 Å². The molecule has 38 heavy (non-hydrogen) atoms. The number of hydrogen-bond donors (Lipinski definition) is 2. The zero-order valence-corrected chi connectivity index (χ0v) is 23.4. The Morgan fingerprint density at radius 2 is 1.87 bits per heavy atom. The van der Waals surface area contributed by atoms with Crippen LogP contribution in [0.2, 0.25) is 0 Å². The number of nitrogens with two attached hydrogens (primary N) is 1. The first-order valence-corrected chi connectivity index (χ1v) is 13.5. The molecular weight excluding hydrogens is 494 g/mol.